The van der Waals surface area contributed by atoms with Crippen LogP contribution in [0.5, 0.6) is 5.75 Å². The highest BCUT2D eigenvalue weighted by molar-refractivity contribution is 6.17. The lowest BCUT2D eigenvalue weighted by molar-refractivity contribution is -0.139. The van der Waals surface area contributed by atoms with Crippen LogP contribution >= 0.6 is 0 Å². The third-order valence-electron chi connectivity index (χ3n) is 4.99. The van der Waals surface area contributed by atoms with Crippen LogP contribution in [-0.4, -0.2) is 23.5 Å². The normalized spacial score (nSPS) is 11.4. The lowest BCUT2D eigenvalue weighted by atomic mass is 9.88. The number of hydrogen-bond acceptors (Lipinski definition) is 4. The van der Waals surface area contributed by atoms with E-state index in [0.29, 0.717) is 28.2 Å². The molecule has 0 unspecified atom stereocenters. The number of ether oxygens (including phenoxy) is 1. The number of benzene rings is 2. The van der Waals surface area contributed by atoms with E-state index in [1.807, 2.05) is 64.1 Å². The molecule has 0 aliphatic heterocycles. The largest absolute Gasteiger partial charge is 0.481 e. The Balaban J connectivity index is 2.17. The van der Waals surface area contributed by atoms with Crippen molar-refractivity contribution in [3.63, 3.8) is 0 Å². The number of rotatable bonds is 7. The first-order valence-corrected chi connectivity index (χ1v) is 9.76. The van der Waals surface area contributed by atoms with Gasteiger partial charge in [-0.05, 0) is 48.1 Å². The Morgan fingerprint density at radius 2 is 1.62 bits per heavy atom. The molecule has 1 N–H and O–H groups in total. The van der Waals surface area contributed by atoms with Gasteiger partial charge in [0, 0.05) is 10.9 Å². The lowest BCUT2D eigenvalue weighted by Crippen LogP contribution is -2.14. The second-order valence-electron chi connectivity index (χ2n) is 7.83. The summed E-state index contributed by atoms with van der Waals surface area (Å²) in [6.07, 6.45) is 0. The molecule has 5 nitrogen and oxygen atoms in total. The highest BCUT2D eigenvalue weighted by Crippen LogP contribution is 2.37. The summed E-state index contributed by atoms with van der Waals surface area (Å²) in [4.78, 5) is 24.5. The highest BCUT2D eigenvalue weighted by atomic mass is 16.5. The number of aliphatic carboxylic acids is 1. The summed E-state index contributed by atoms with van der Waals surface area (Å²) in [6.45, 7) is 9.38. The van der Waals surface area contributed by atoms with Gasteiger partial charge in [-0.3, -0.25) is 4.79 Å². The SMILES string of the molecule is Cc1oc2ccccc2c1C(=O)c1cc(C(C)C)c(OCC(=O)O)c(C(C)C)c1. The molecule has 3 rings (SSSR count). The fourth-order valence-corrected chi connectivity index (χ4v) is 3.56. The predicted octanol–water partition coefficient (Wildman–Crippen LogP) is 5.68. The van der Waals surface area contributed by atoms with Crippen molar-refractivity contribution in [2.45, 2.75) is 46.5 Å². The smallest absolute Gasteiger partial charge is 0.341 e. The number of hydrogen-bond donors (Lipinski definition) is 1. The second-order valence-corrected chi connectivity index (χ2v) is 7.83. The molecule has 29 heavy (non-hydrogen) atoms. The number of ketones is 1. The fraction of sp³-hybridized carbons (Fsp3) is 0.333. The van der Waals surface area contributed by atoms with Gasteiger partial charge in [0.25, 0.3) is 0 Å². The van der Waals surface area contributed by atoms with E-state index in [1.54, 1.807) is 6.92 Å². The summed E-state index contributed by atoms with van der Waals surface area (Å²) in [6, 6.07) is 11.1. The van der Waals surface area contributed by atoms with Gasteiger partial charge < -0.3 is 14.3 Å². The van der Waals surface area contributed by atoms with Crippen LogP contribution in [0.4, 0.5) is 0 Å². The standard InChI is InChI=1S/C24H26O5/c1-13(2)18-10-16(11-19(14(3)4)24(18)28-12-21(25)26)23(27)22-15(5)29-20-9-7-6-8-17(20)22/h6-11,13-14H,12H2,1-5H3,(H,25,26). The molecule has 5 heteroatoms. The first-order valence-electron chi connectivity index (χ1n) is 9.76. The summed E-state index contributed by atoms with van der Waals surface area (Å²) in [5.41, 5.74) is 3.44. The Hall–Kier alpha value is -3.08. The van der Waals surface area contributed by atoms with Gasteiger partial charge in [0.2, 0.25) is 0 Å². The maximum absolute atomic E-state index is 13.5. The van der Waals surface area contributed by atoms with Crippen molar-refractivity contribution >= 4 is 22.7 Å². The molecule has 2 aromatic carbocycles. The van der Waals surface area contributed by atoms with Crippen molar-refractivity contribution in [2.24, 2.45) is 0 Å². The highest BCUT2D eigenvalue weighted by Gasteiger charge is 2.24. The van der Waals surface area contributed by atoms with Gasteiger partial charge in [0.15, 0.2) is 12.4 Å². The number of carboxylic acid groups (broad SMARTS) is 1. The van der Waals surface area contributed by atoms with Crippen molar-refractivity contribution in [1.82, 2.24) is 0 Å². The Kier molecular flexibility index (Phi) is 5.78. The quantitative estimate of drug-likeness (QED) is 0.522. The molecule has 0 fully saturated rings. The van der Waals surface area contributed by atoms with Crippen molar-refractivity contribution in [2.75, 3.05) is 6.61 Å². The van der Waals surface area contributed by atoms with E-state index in [0.717, 1.165) is 16.5 Å². The molecule has 0 saturated carbocycles. The molecule has 152 valence electrons. The zero-order valence-corrected chi connectivity index (χ0v) is 17.4. The van der Waals surface area contributed by atoms with E-state index in [1.165, 1.54) is 0 Å². The van der Waals surface area contributed by atoms with Crippen molar-refractivity contribution in [3.8, 4) is 5.75 Å². The first kappa shape index (κ1) is 20.6. The maximum atomic E-state index is 13.5. The van der Waals surface area contributed by atoms with Crippen LogP contribution in [0.25, 0.3) is 11.0 Å². The van der Waals surface area contributed by atoms with Gasteiger partial charge in [0.05, 0.1) is 5.56 Å². The Bertz CT molecular complexity index is 1040. The van der Waals surface area contributed by atoms with Crippen LogP contribution in [0.3, 0.4) is 0 Å². The Morgan fingerprint density at radius 1 is 1.03 bits per heavy atom. The topological polar surface area (TPSA) is 76.7 Å². The van der Waals surface area contributed by atoms with Crippen LogP contribution in [0.1, 0.15) is 72.3 Å². The van der Waals surface area contributed by atoms with Crippen LogP contribution in [0.2, 0.25) is 0 Å². The van der Waals surface area contributed by atoms with E-state index < -0.39 is 12.6 Å². The molecule has 0 atom stereocenters. The molecule has 0 aliphatic rings. The monoisotopic (exact) mass is 394 g/mol. The molecule has 3 aromatic rings. The summed E-state index contributed by atoms with van der Waals surface area (Å²) in [7, 11) is 0. The number of para-hydroxylation sites is 1. The molecule has 1 heterocycles. The summed E-state index contributed by atoms with van der Waals surface area (Å²) in [5.74, 6) is 0.121. The van der Waals surface area contributed by atoms with Gasteiger partial charge in [-0.25, -0.2) is 4.79 Å². The van der Waals surface area contributed by atoms with Crippen LogP contribution in [0, 0.1) is 6.92 Å². The van der Waals surface area contributed by atoms with Gasteiger partial charge >= 0.3 is 5.97 Å². The zero-order chi connectivity index (χ0) is 21.3. The minimum atomic E-state index is -1.03. The van der Waals surface area contributed by atoms with Crippen LogP contribution < -0.4 is 4.74 Å². The molecule has 0 amide bonds. The molecular weight excluding hydrogens is 368 g/mol. The van der Waals surface area contributed by atoms with E-state index >= 15 is 0 Å². The van der Waals surface area contributed by atoms with Gasteiger partial charge in [0.1, 0.15) is 17.1 Å². The lowest BCUT2D eigenvalue weighted by Gasteiger charge is -2.21. The minimum Gasteiger partial charge on any atom is -0.481 e. The van der Waals surface area contributed by atoms with Crippen LogP contribution in [0.15, 0.2) is 40.8 Å². The van der Waals surface area contributed by atoms with E-state index in [9.17, 15) is 9.59 Å². The van der Waals surface area contributed by atoms with Crippen molar-refractivity contribution in [3.05, 3.63) is 64.4 Å². The van der Waals surface area contributed by atoms with E-state index in [-0.39, 0.29) is 17.6 Å². The number of aryl methyl sites for hydroxylation is 1. The zero-order valence-electron chi connectivity index (χ0n) is 17.4. The van der Waals surface area contributed by atoms with Crippen molar-refractivity contribution < 1.29 is 23.8 Å². The summed E-state index contributed by atoms with van der Waals surface area (Å²) < 4.78 is 11.4. The van der Waals surface area contributed by atoms with Crippen molar-refractivity contribution in [1.29, 1.82) is 0 Å². The molecule has 0 aliphatic carbocycles. The number of carbonyl (C=O) groups excluding carboxylic acids is 1. The van der Waals surface area contributed by atoms with E-state index in [2.05, 4.69) is 0 Å². The Morgan fingerprint density at radius 3 is 2.17 bits per heavy atom. The molecule has 0 radical (unpaired) electrons. The number of carbonyl (C=O) groups is 2. The molecule has 0 bridgehead atoms. The number of furan rings is 1. The van der Waals surface area contributed by atoms with Crippen LogP contribution in [-0.2, 0) is 4.79 Å². The number of carboxylic acids is 1. The van der Waals surface area contributed by atoms with E-state index in [4.69, 9.17) is 14.3 Å². The third kappa shape index (κ3) is 4.04. The summed E-state index contributed by atoms with van der Waals surface area (Å²) >= 11 is 0. The second kappa shape index (κ2) is 8.11. The average molecular weight is 394 g/mol. The predicted molar refractivity (Wildman–Crippen MR) is 112 cm³/mol. The molecule has 1 aromatic heterocycles. The Labute approximate surface area is 170 Å². The average Bonchev–Trinajstić information content (AvgIpc) is 3.00. The molecule has 0 spiro atoms. The third-order valence-corrected chi connectivity index (χ3v) is 4.99. The van der Waals surface area contributed by atoms with Gasteiger partial charge in [-0.15, -0.1) is 0 Å². The molecular formula is C24H26O5. The molecule has 0 saturated heterocycles. The minimum absolute atomic E-state index is 0.0613. The maximum Gasteiger partial charge on any atom is 0.341 e. The summed E-state index contributed by atoms with van der Waals surface area (Å²) in [5, 5.41) is 9.83. The van der Waals surface area contributed by atoms with Gasteiger partial charge in [-0.2, -0.15) is 0 Å². The first-order chi connectivity index (χ1) is 13.7. The fourth-order valence-electron chi connectivity index (χ4n) is 3.56. The number of fused-ring (bicyclic) bond motifs is 1. The van der Waals surface area contributed by atoms with Gasteiger partial charge in [-0.1, -0.05) is 45.9 Å².